The molecule has 0 aliphatic heterocycles. The predicted molar refractivity (Wildman–Crippen MR) is 80.3 cm³/mol. The molecule has 0 bridgehead atoms. The van der Waals surface area contributed by atoms with Crippen LogP contribution in [0.25, 0.3) is 0 Å². The van der Waals surface area contributed by atoms with Crippen LogP contribution in [0.2, 0.25) is 0 Å². The van der Waals surface area contributed by atoms with Crippen LogP contribution >= 0.6 is 0 Å². The van der Waals surface area contributed by atoms with Gasteiger partial charge in [0, 0.05) is 0 Å². The number of hydrogen-bond acceptors (Lipinski definition) is 1. The second-order valence-corrected chi connectivity index (χ2v) is 5.31. The normalized spacial score (nSPS) is 12.4. The molecule has 0 aliphatic rings. The van der Waals surface area contributed by atoms with Crippen molar-refractivity contribution in [3.63, 3.8) is 0 Å². The van der Waals surface area contributed by atoms with Crippen molar-refractivity contribution >= 4 is 0 Å². The molecule has 0 saturated carbocycles. The molecular weight excluding hydrogens is 251 g/mol. The second-order valence-electron chi connectivity index (χ2n) is 5.31. The highest BCUT2D eigenvalue weighted by Gasteiger charge is 2.11. The van der Waals surface area contributed by atoms with E-state index in [-0.39, 0.29) is 5.82 Å². The van der Waals surface area contributed by atoms with E-state index in [1.54, 1.807) is 0 Å². The number of aryl methyl sites for hydroxylation is 2. The molecule has 0 heterocycles. The number of unbranched alkanes of at least 4 members (excludes halogenated alkanes) is 1. The number of hydrogen-bond donors (Lipinski definition) is 1. The number of benzene rings is 2. The highest BCUT2D eigenvalue weighted by Crippen LogP contribution is 2.24. The van der Waals surface area contributed by atoms with Crippen molar-refractivity contribution < 1.29 is 9.50 Å². The lowest BCUT2D eigenvalue weighted by Crippen LogP contribution is -2.01. The third-order valence-electron chi connectivity index (χ3n) is 3.49. The molecule has 20 heavy (non-hydrogen) atoms. The van der Waals surface area contributed by atoms with Crippen molar-refractivity contribution in [1.29, 1.82) is 0 Å². The SMILES string of the molecule is CCCCc1ccc(C(O)c2cc(C)cc(F)c2)cc1. The van der Waals surface area contributed by atoms with Crippen molar-refractivity contribution in [3.05, 3.63) is 70.5 Å². The number of aliphatic hydroxyl groups excluding tert-OH is 1. The Morgan fingerprint density at radius 2 is 1.75 bits per heavy atom. The van der Waals surface area contributed by atoms with E-state index in [1.807, 2.05) is 37.3 Å². The van der Waals surface area contributed by atoms with E-state index in [9.17, 15) is 9.50 Å². The summed E-state index contributed by atoms with van der Waals surface area (Å²) in [7, 11) is 0. The second kappa shape index (κ2) is 6.67. The predicted octanol–water partition coefficient (Wildman–Crippen LogP) is 4.56. The van der Waals surface area contributed by atoms with Gasteiger partial charge < -0.3 is 5.11 Å². The zero-order chi connectivity index (χ0) is 14.5. The van der Waals surface area contributed by atoms with Crippen LogP contribution in [0.4, 0.5) is 4.39 Å². The maximum Gasteiger partial charge on any atom is 0.123 e. The maximum absolute atomic E-state index is 13.4. The first-order valence-corrected chi connectivity index (χ1v) is 7.14. The van der Waals surface area contributed by atoms with E-state index in [2.05, 4.69) is 6.92 Å². The lowest BCUT2D eigenvalue weighted by atomic mass is 9.98. The van der Waals surface area contributed by atoms with Crippen LogP contribution in [0.15, 0.2) is 42.5 Å². The molecule has 2 rings (SSSR count). The molecule has 0 fully saturated rings. The van der Waals surface area contributed by atoms with Gasteiger partial charge in [0.05, 0.1) is 0 Å². The fourth-order valence-electron chi connectivity index (χ4n) is 2.36. The first-order chi connectivity index (χ1) is 9.60. The summed E-state index contributed by atoms with van der Waals surface area (Å²) in [5.74, 6) is -0.307. The Kier molecular flexibility index (Phi) is 4.91. The molecule has 0 saturated heterocycles. The van der Waals surface area contributed by atoms with E-state index < -0.39 is 6.10 Å². The summed E-state index contributed by atoms with van der Waals surface area (Å²) in [6.45, 7) is 4.00. The molecule has 106 valence electrons. The first kappa shape index (κ1) is 14.7. The lowest BCUT2D eigenvalue weighted by Gasteiger charge is -2.13. The highest BCUT2D eigenvalue weighted by molar-refractivity contribution is 5.34. The summed E-state index contributed by atoms with van der Waals surface area (Å²) in [6, 6.07) is 12.6. The molecule has 0 spiro atoms. The van der Waals surface area contributed by atoms with Gasteiger partial charge in [-0.05, 0) is 54.2 Å². The van der Waals surface area contributed by atoms with Crippen molar-refractivity contribution in [2.45, 2.75) is 39.2 Å². The highest BCUT2D eigenvalue weighted by atomic mass is 19.1. The Balaban J connectivity index is 2.17. The van der Waals surface area contributed by atoms with Crippen molar-refractivity contribution in [1.82, 2.24) is 0 Å². The Morgan fingerprint density at radius 3 is 2.35 bits per heavy atom. The van der Waals surface area contributed by atoms with Gasteiger partial charge in [0.25, 0.3) is 0 Å². The smallest absolute Gasteiger partial charge is 0.123 e. The molecule has 0 amide bonds. The monoisotopic (exact) mass is 272 g/mol. The minimum atomic E-state index is -0.773. The van der Waals surface area contributed by atoms with Gasteiger partial charge >= 0.3 is 0 Å². The fraction of sp³-hybridized carbons (Fsp3) is 0.333. The maximum atomic E-state index is 13.4. The summed E-state index contributed by atoms with van der Waals surface area (Å²) in [6.07, 6.45) is 2.63. The van der Waals surface area contributed by atoms with Gasteiger partial charge in [-0.1, -0.05) is 43.7 Å². The van der Waals surface area contributed by atoms with Crippen LogP contribution in [0.3, 0.4) is 0 Å². The molecule has 1 nitrogen and oxygen atoms in total. The minimum absolute atomic E-state index is 0.307. The summed E-state index contributed by atoms with van der Waals surface area (Å²) in [5.41, 5.74) is 3.50. The Bertz CT molecular complexity index is 540. The third kappa shape index (κ3) is 3.67. The van der Waals surface area contributed by atoms with E-state index in [0.717, 1.165) is 17.5 Å². The zero-order valence-corrected chi connectivity index (χ0v) is 12.1. The largest absolute Gasteiger partial charge is 0.384 e. The molecule has 1 N–H and O–H groups in total. The summed E-state index contributed by atoms with van der Waals surface area (Å²) < 4.78 is 13.4. The van der Waals surface area contributed by atoms with Gasteiger partial charge in [0.2, 0.25) is 0 Å². The molecular formula is C18H21FO. The van der Waals surface area contributed by atoms with Crippen LogP contribution in [0, 0.1) is 12.7 Å². The van der Waals surface area contributed by atoms with Crippen molar-refractivity contribution in [2.24, 2.45) is 0 Å². The molecule has 1 atom stereocenters. The number of aliphatic hydroxyl groups is 1. The Hall–Kier alpha value is -1.67. The zero-order valence-electron chi connectivity index (χ0n) is 12.1. The third-order valence-corrected chi connectivity index (χ3v) is 3.49. The van der Waals surface area contributed by atoms with Gasteiger partial charge in [-0.25, -0.2) is 4.39 Å². The van der Waals surface area contributed by atoms with Crippen LogP contribution in [-0.4, -0.2) is 5.11 Å². The van der Waals surface area contributed by atoms with Gasteiger partial charge in [-0.3, -0.25) is 0 Å². The summed E-state index contributed by atoms with van der Waals surface area (Å²) in [5, 5.41) is 10.3. The van der Waals surface area contributed by atoms with Gasteiger partial charge in [0.1, 0.15) is 11.9 Å². The lowest BCUT2D eigenvalue weighted by molar-refractivity contribution is 0.219. The average Bonchev–Trinajstić information content (AvgIpc) is 2.44. The standard InChI is InChI=1S/C18H21FO/c1-3-4-5-14-6-8-15(9-7-14)18(20)16-10-13(2)11-17(19)12-16/h6-12,18,20H,3-5H2,1-2H3. The first-order valence-electron chi connectivity index (χ1n) is 7.14. The van der Waals surface area contributed by atoms with Crippen molar-refractivity contribution in [2.75, 3.05) is 0 Å². The van der Waals surface area contributed by atoms with Crippen LogP contribution < -0.4 is 0 Å². The molecule has 0 radical (unpaired) electrons. The Labute approximate surface area is 120 Å². The van der Waals surface area contributed by atoms with Crippen LogP contribution in [-0.2, 0) is 6.42 Å². The number of rotatable bonds is 5. The van der Waals surface area contributed by atoms with E-state index >= 15 is 0 Å². The van der Waals surface area contributed by atoms with Crippen LogP contribution in [0.1, 0.15) is 48.1 Å². The van der Waals surface area contributed by atoms with Gasteiger partial charge in [0.15, 0.2) is 0 Å². The van der Waals surface area contributed by atoms with E-state index in [4.69, 9.17) is 0 Å². The summed E-state index contributed by atoms with van der Waals surface area (Å²) >= 11 is 0. The molecule has 0 aromatic heterocycles. The molecule has 2 heteroatoms. The fourth-order valence-corrected chi connectivity index (χ4v) is 2.36. The minimum Gasteiger partial charge on any atom is -0.384 e. The number of halogens is 1. The average molecular weight is 272 g/mol. The van der Waals surface area contributed by atoms with E-state index in [1.165, 1.54) is 30.5 Å². The van der Waals surface area contributed by atoms with E-state index in [0.29, 0.717) is 5.56 Å². The molecule has 2 aromatic carbocycles. The molecule has 1 unspecified atom stereocenters. The quantitative estimate of drug-likeness (QED) is 0.846. The molecule has 0 aliphatic carbocycles. The Morgan fingerprint density at radius 1 is 1.05 bits per heavy atom. The van der Waals surface area contributed by atoms with Gasteiger partial charge in [-0.15, -0.1) is 0 Å². The molecule has 2 aromatic rings. The van der Waals surface area contributed by atoms with Gasteiger partial charge in [-0.2, -0.15) is 0 Å². The topological polar surface area (TPSA) is 20.2 Å². The van der Waals surface area contributed by atoms with Crippen LogP contribution in [0.5, 0.6) is 0 Å². The summed E-state index contributed by atoms with van der Waals surface area (Å²) in [4.78, 5) is 0. The van der Waals surface area contributed by atoms with Crippen molar-refractivity contribution in [3.8, 4) is 0 Å².